The summed E-state index contributed by atoms with van der Waals surface area (Å²) in [5, 5.41) is 9.61. The zero-order valence-electron chi connectivity index (χ0n) is 41.8. The van der Waals surface area contributed by atoms with Crippen molar-refractivity contribution in [3.05, 3.63) is 60.8 Å². The molecule has 0 aromatic carbocycles. The van der Waals surface area contributed by atoms with E-state index in [1.54, 1.807) is 0 Å². The van der Waals surface area contributed by atoms with Crippen molar-refractivity contribution in [3.63, 3.8) is 0 Å². The van der Waals surface area contributed by atoms with E-state index < -0.39 is 6.10 Å². The van der Waals surface area contributed by atoms with E-state index in [0.717, 1.165) is 57.8 Å². The summed E-state index contributed by atoms with van der Waals surface area (Å²) in [6.07, 6.45) is 72.2. The molecule has 0 aliphatic carbocycles. The Hall–Kier alpha value is -2.40. The number of carbonyl (C=O) groups excluding carboxylic acids is 2. The predicted octanol–water partition coefficient (Wildman–Crippen LogP) is 18.2. The Bertz CT molecular complexity index is 1090. The Morgan fingerprint density at radius 3 is 1.02 bits per heavy atom. The second kappa shape index (κ2) is 53.9. The van der Waals surface area contributed by atoms with Crippen molar-refractivity contribution in [1.82, 2.24) is 0 Å². The van der Waals surface area contributed by atoms with Crippen molar-refractivity contribution >= 4 is 11.9 Å². The normalized spacial score (nSPS) is 12.6. The maximum absolute atomic E-state index is 12.2. The molecule has 0 saturated heterocycles. The van der Waals surface area contributed by atoms with Gasteiger partial charge in [0, 0.05) is 12.8 Å². The molecule has 5 heteroatoms. The first kappa shape index (κ1) is 60.6. The number of hydrogen-bond donors (Lipinski definition) is 1. The van der Waals surface area contributed by atoms with Gasteiger partial charge in [0.15, 0.2) is 6.10 Å². The third kappa shape index (κ3) is 52.1. The van der Waals surface area contributed by atoms with E-state index in [1.165, 1.54) is 186 Å². The highest BCUT2D eigenvalue weighted by Crippen LogP contribution is 2.17. The van der Waals surface area contributed by atoms with Crippen LogP contribution in [0, 0.1) is 0 Å². The molecular formula is C58H104O5. The standard InChI is InChI=1S/C58H104O5/c1-3-5-7-9-11-13-15-17-19-21-22-23-24-25-26-27-28-29-30-31-32-33-34-35-37-38-40-42-44-46-48-50-52-57(60)62-55-56(54-59)63-58(61)53-51-49-47-45-43-41-39-36-20-18-16-14-12-10-8-6-4-2/h6,8,12,14,18,20,39,41,45,47,56,59H,3-5,7,9-11,13,15-17,19,21-38,40,42-44,46,48-55H2,1-2H3/b8-6-,14-12-,20-18-,41-39-,47-45-. The minimum absolute atomic E-state index is 0.0878. The number of unbranched alkanes of at least 4 members (excludes halogenated alkanes) is 32. The first-order chi connectivity index (χ1) is 31.1. The van der Waals surface area contributed by atoms with Gasteiger partial charge in [-0.15, -0.1) is 0 Å². The van der Waals surface area contributed by atoms with Crippen LogP contribution in [0.1, 0.15) is 277 Å². The first-order valence-corrected chi connectivity index (χ1v) is 27.3. The number of hydrogen-bond acceptors (Lipinski definition) is 5. The molecular weight excluding hydrogens is 777 g/mol. The lowest BCUT2D eigenvalue weighted by Crippen LogP contribution is -2.28. The zero-order valence-corrected chi connectivity index (χ0v) is 41.8. The van der Waals surface area contributed by atoms with Crippen LogP contribution in [-0.2, 0) is 19.1 Å². The summed E-state index contributed by atoms with van der Waals surface area (Å²) < 4.78 is 10.6. The molecule has 0 aliphatic rings. The fraction of sp³-hybridized carbons (Fsp3) is 0.793. The predicted molar refractivity (Wildman–Crippen MR) is 274 cm³/mol. The minimum atomic E-state index is -0.802. The third-order valence-electron chi connectivity index (χ3n) is 12.1. The van der Waals surface area contributed by atoms with E-state index in [0.29, 0.717) is 12.8 Å². The van der Waals surface area contributed by atoms with Crippen LogP contribution in [0.4, 0.5) is 0 Å². The van der Waals surface area contributed by atoms with Crippen LogP contribution in [0.25, 0.3) is 0 Å². The highest BCUT2D eigenvalue weighted by Gasteiger charge is 2.16. The second-order valence-corrected chi connectivity index (χ2v) is 18.3. The summed E-state index contributed by atoms with van der Waals surface area (Å²) >= 11 is 0. The smallest absolute Gasteiger partial charge is 0.306 e. The Kier molecular flexibility index (Phi) is 51.9. The molecule has 0 aromatic rings. The molecule has 1 unspecified atom stereocenters. The summed E-state index contributed by atoms with van der Waals surface area (Å²) in [4.78, 5) is 24.4. The number of esters is 2. The van der Waals surface area contributed by atoms with E-state index in [4.69, 9.17) is 9.47 Å². The quantitative estimate of drug-likeness (QED) is 0.0374. The number of carbonyl (C=O) groups is 2. The molecule has 63 heavy (non-hydrogen) atoms. The van der Waals surface area contributed by atoms with Crippen LogP contribution < -0.4 is 0 Å². The number of rotatable bonds is 50. The molecule has 366 valence electrons. The summed E-state index contributed by atoms with van der Waals surface area (Å²) in [5.41, 5.74) is 0. The summed E-state index contributed by atoms with van der Waals surface area (Å²) in [5.74, 6) is -0.651. The van der Waals surface area contributed by atoms with Gasteiger partial charge in [-0.05, 0) is 51.4 Å². The van der Waals surface area contributed by atoms with Crippen molar-refractivity contribution in [3.8, 4) is 0 Å². The van der Waals surface area contributed by atoms with Crippen molar-refractivity contribution in [1.29, 1.82) is 0 Å². The van der Waals surface area contributed by atoms with Crippen LogP contribution in [0.5, 0.6) is 0 Å². The van der Waals surface area contributed by atoms with Crippen LogP contribution >= 0.6 is 0 Å². The minimum Gasteiger partial charge on any atom is -0.462 e. The Morgan fingerprint density at radius 1 is 0.381 bits per heavy atom. The van der Waals surface area contributed by atoms with Gasteiger partial charge >= 0.3 is 11.9 Å². The molecule has 0 rings (SSSR count). The maximum atomic E-state index is 12.2. The number of allylic oxidation sites excluding steroid dienone is 10. The molecule has 0 aromatic heterocycles. The van der Waals surface area contributed by atoms with Gasteiger partial charge in [0.05, 0.1) is 6.61 Å². The Morgan fingerprint density at radius 2 is 0.683 bits per heavy atom. The zero-order chi connectivity index (χ0) is 45.6. The summed E-state index contributed by atoms with van der Waals surface area (Å²) in [6, 6.07) is 0. The molecule has 0 bridgehead atoms. The van der Waals surface area contributed by atoms with E-state index in [9.17, 15) is 14.7 Å². The van der Waals surface area contributed by atoms with Crippen LogP contribution in [-0.4, -0.2) is 36.4 Å². The van der Waals surface area contributed by atoms with Gasteiger partial charge in [0.2, 0.25) is 0 Å². The summed E-state index contributed by atoms with van der Waals surface area (Å²) in [7, 11) is 0. The second-order valence-electron chi connectivity index (χ2n) is 18.3. The van der Waals surface area contributed by atoms with E-state index in [2.05, 4.69) is 74.6 Å². The van der Waals surface area contributed by atoms with E-state index in [-0.39, 0.29) is 31.6 Å². The number of aliphatic hydroxyl groups excluding tert-OH is 1. The van der Waals surface area contributed by atoms with Crippen LogP contribution in [0.2, 0.25) is 0 Å². The topological polar surface area (TPSA) is 72.8 Å². The van der Waals surface area contributed by atoms with Crippen molar-refractivity contribution < 1.29 is 24.2 Å². The van der Waals surface area contributed by atoms with Gasteiger partial charge in [-0.25, -0.2) is 0 Å². The molecule has 0 amide bonds. The number of aliphatic hydroxyl groups is 1. The van der Waals surface area contributed by atoms with Crippen LogP contribution in [0.15, 0.2) is 60.8 Å². The largest absolute Gasteiger partial charge is 0.462 e. The highest BCUT2D eigenvalue weighted by atomic mass is 16.6. The SMILES string of the molecule is CC/C=C\C/C=C\C/C=C\C/C=C\C/C=C\CCCC(=O)OC(CO)COC(=O)CCCCCCCCCCCCCCCCCCCCCCCCCCCCCCCCCC. The lowest BCUT2D eigenvalue weighted by Gasteiger charge is -2.15. The van der Waals surface area contributed by atoms with Gasteiger partial charge < -0.3 is 14.6 Å². The molecule has 0 heterocycles. The third-order valence-corrected chi connectivity index (χ3v) is 12.1. The van der Waals surface area contributed by atoms with Crippen molar-refractivity contribution in [2.24, 2.45) is 0 Å². The lowest BCUT2D eigenvalue weighted by molar-refractivity contribution is -0.161. The van der Waals surface area contributed by atoms with Crippen molar-refractivity contribution in [2.45, 2.75) is 283 Å². The van der Waals surface area contributed by atoms with Gasteiger partial charge in [-0.1, -0.05) is 274 Å². The fourth-order valence-electron chi connectivity index (χ4n) is 8.01. The van der Waals surface area contributed by atoms with Gasteiger partial charge in [-0.2, -0.15) is 0 Å². The molecule has 1 N–H and O–H groups in total. The molecule has 0 spiro atoms. The molecule has 0 saturated carbocycles. The van der Waals surface area contributed by atoms with Gasteiger partial charge in [0.25, 0.3) is 0 Å². The highest BCUT2D eigenvalue weighted by molar-refractivity contribution is 5.70. The monoisotopic (exact) mass is 881 g/mol. The average molecular weight is 881 g/mol. The molecule has 0 radical (unpaired) electrons. The maximum Gasteiger partial charge on any atom is 0.306 e. The fourth-order valence-corrected chi connectivity index (χ4v) is 8.01. The summed E-state index contributed by atoms with van der Waals surface area (Å²) in [6.45, 7) is 4.01. The van der Waals surface area contributed by atoms with Gasteiger partial charge in [-0.3, -0.25) is 9.59 Å². The van der Waals surface area contributed by atoms with E-state index in [1.807, 2.05) is 0 Å². The average Bonchev–Trinajstić information content (AvgIpc) is 3.29. The van der Waals surface area contributed by atoms with E-state index >= 15 is 0 Å². The van der Waals surface area contributed by atoms with Crippen LogP contribution in [0.3, 0.4) is 0 Å². The Labute approximate surface area is 391 Å². The molecule has 5 nitrogen and oxygen atoms in total. The Balaban J connectivity index is 3.45. The van der Waals surface area contributed by atoms with Crippen molar-refractivity contribution in [2.75, 3.05) is 13.2 Å². The first-order valence-electron chi connectivity index (χ1n) is 27.3. The molecule has 0 fully saturated rings. The number of ether oxygens (including phenoxy) is 2. The van der Waals surface area contributed by atoms with Gasteiger partial charge in [0.1, 0.15) is 6.61 Å². The molecule has 1 atom stereocenters. The lowest BCUT2D eigenvalue weighted by atomic mass is 10.0. The molecule has 0 aliphatic heterocycles.